The maximum atomic E-state index is 5.59. The summed E-state index contributed by atoms with van der Waals surface area (Å²) in [6.07, 6.45) is 0. The van der Waals surface area contributed by atoms with E-state index in [0.29, 0.717) is 5.95 Å². The normalized spacial score (nSPS) is 12.4. The summed E-state index contributed by atoms with van der Waals surface area (Å²) in [5.41, 5.74) is 8.86. The van der Waals surface area contributed by atoms with Gasteiger partial charge in [0.25, 0.3) is 0 Å². The summed E-state index contributed by atoms with van der Waals surface area (Å²) in [5.74, 6) is 0.672. The van der Waals surface area contributed by atoms with E-state index in [1.54, 1.807) is 0 Å². The van der Waals surface area contributed by atoms with E-state index in [9.17, 15) is 0 Å². The Morgan fingerprint density at radius 2 is 1.00 bits per heavy atom. The van der Waals surface area contributed by atoms with E-state index >= 15 is 0 Å². The number of rotatable bonds is 2. The predicted molar refractivity (Wildman–Crippen MR) is 209 cm³/mol. The summed E-state index contributed by atoms with van der Waals surface area (Å²) in [4.78, 5) is 11.1. The molecule has 0 bridgehead atoms. The lowest BCUT2D eigenvalue weighted by Crippen LogP contribution is -2.04. The molecule has 8 aromatic carbocycles. The predicted octanol–water partition coefficient (Wildman–Crippen LogP) is 11.9. The lowest BCUT2D eigenvalue weighted by molar-refractivity contribution is 1.02. The van der Waals surface area contributed by atoms with Crippen molar-refractivity contribution in [2.45, 2.75) is 0 Å². The Kier molecular flexibility index (Phi) is 4.94. The second-order valence-electron chi connectivity index (χ2n) is 13.4. The molecule has 4 nitrogen and oxygen atoms in total. The van der Waals surface area contributed by atoms with Crippen LogP contribution in [0.15, 0.2) is 158 Å². The second-order valence-corrected chi connectivity index (χ2v) is 13.4. The van der Waals surface area contributed by atoms with Gasteiger partial charge in [0.2, 0.25) is 5.95 Å². The summed E-state index contributed by atoms with van der Waals surface area (Å²) >= 11 is 0. The maximum Gasteiger partial charge on any atom is 0.235 e. The van der Waals surface area contributed by atoms with Gasteiger partial charge in [0.15, 0.2) is 0 Å². The zero-order valence-electron chi connectivity index (χ0n) is 26.8. The topological polar surface area (TPSA) is 35.1 Å². The lowest BCUT2D eigenvalue weighted by atomic mass is 10.0. The van der Waals surface area contributed by atoms with Crippen LogP contribution in [0.1, 0.15) is 0 Å². The van der Waals surface area contributed by atoms with E-state index in [0.717, 1.165) is 38.6 Å². The Labute approximate surface area is 285 Å². The molecule has 12 aromatic rings. The summed E-state index contributed by atoms with van der Waals surface area (Å²) < 4.78 is 4.82. The van der Waals surface area contributed by atoms with Gasteiger partial charge < -0.3 is 4.40 Å². The summed E-state index contributed by atoms with van der Waals surface area (Å²) in [6.45, 7) is 0. The maximum absolute atomic E-state index is 5.59. The molecule has 4 heteroatoms. The van der Waals surface area contributed by atoms with Gasteiger partial charge in [-0.2, -0.15) is 0 Å². The Hall–Kier alpha value is -6.78. The number of fused-ring (bicyclic) bond motifs is 15. The van der Waals surface area contributed by atoms with Crippen LogP contribution in [-0.4, -0.2) is 18.9 Å². The van der Waals surface area contributed by atoms with Crippen molar-refractivity contribution in [2.24, 2.45) is 0 Å². The quantitative estimate of drug-likeness (QED) is 0.177. The third-order valence-corrected chi connectivity index (χ3v) is 10.8. The van der Waals surface area contributed by atoms with Crippen molar-refractivity contribution < 1.29 is 0 Å². The Bertz CT molecular complexity index is 3370. The van der Waals surface area contributed by atoms with Crippen LogP contribution < -0.4 is 0 Å². The van der Waals surface area contributed by atoms with E-state index in [-0.39, 0.29) is 0 Å². The van der Waals surface area contributed by atoms with Crippen LogP contribution in [0.25, 0.3) is 110 Å². The molecule has 0 aliphatic heterocycles. The molecular weight excluding hydrogens is 609 g/mol. The third-order valence-electron chi connectivity index (χ3n) is 10.8. The van der Waals surface area contributed by atoms with E-state index in [2.05, 4.69) is 167 Å². The van der Waals surface area contributed by atoms with Gasteiger partial charge >= 0.3 is 0 Å². The standard InChI is InChI=1S/C46H26N4/c1-2-14-29(15-3-1)42-40-30-16-6-4-12-27(30)23-25-37(40)47-46(48-42)50-43-31-17-7-5-13-28(31)22-24-33(43)36-26-35-32-18-8-10-20-38(32)49-39-21-11-9-19-34(39)41(44(35)49)45(36)50/h1-26H. The first kappa shape index (κ1) is 26.2. The molecule has 0 fully saturated rings. The largest absolute Gasteiger partial charge is 0.308 e. The molecule has 0 aliphatic carbocycles. The van der Waals surface area contributed by atoms with Gasteiger partial charge in [0.05, 0.1) is 38.8 Å². The Morgan fingerprint density at radius 3 is 1.82 bits per heavy atom. The fourth-order valence-corrected chi connectivity index (χ4v) is 8.76. The zero-order valence-corrected chi connectivity index (χ0v) is 26.8. The van der Waals surface area contributed by atoms with E-state index in [1.807, 2.05) is 0 Å². The molecule has 4 heterocycles. The molecule has 12 rings (SSSR count). The SMILES string of the molecule is c1ccc(-c2nc(-n3c4c5ccccc5ccc4c4cc5c6ccccc6n6c7ccccc7c(c43)c56)nc3ccc4ccccc4c23)cc1. The summed E-state index contributed by atoms with van der Waals surface area (Å²) in [5, 5.41) is 13.2. The highest BCUT2D eigenvalue weighted by Crippen LogP contribution is 2.47. The van der Waals surface area contributed by atoms with E-state index in [1.165, 1.54) is 65.0 Å². The number of aromatic nitrogens is 4. The van der Waals surface area contributed by atoms with Gasteiger partial charge in [0, 0.05) is 48.7 Å². The Morgan fingerprint density at radius 1 is 0.380 bits per heavy atom. The number of nitrogens with zero attached hydrogens (tertiary/aromatic N) is 4. The molecule has 0 unspecified atom stereocenters. The number of hydrogen-bond acceptors (Lipinski definition) is 2. The molecular formula is C46H26N4. The molecule has 0 saturated heterocycles. The molecule has 0 atom stereocenters. The Balaban J connectivity index is 1.36. The van der Waals surface area contributed by atoms with Gasteiger partial charge in [-0.1, -0.05) is 133 Å². The van der Waals surface area contributed by atoms with Crippen molar-refractivity contribution in [1.82, 2.24) is 18.9 Å². The van der Waals surface area contributed by atoms with Crippen LogP contribution in [-0.2, 0) is 0 Å². The lowest BCUT2D eigenvalue weighted by Gasteiger charge is -2.14. The molecule has 0 amide bonds. The average Bonchev–Trinajstić information content (AvgIpc) is 3.82. The minimum absolute atomic E-state index is 0.672. The van der Waals surface area contributed by atoms with Crippen molar-refractivity contribution in [2.75, 3.05) is 0 Å². The molecule has 230 valence electrons. The first-order valence-corrected chi connectivity index (χ1v) is 17.1. The van der Waals surface area contributed by atoms with Crippen LogP contribution in [0.4, 0.5) is 0 Å². The van der Waals surface area contributed by atoms with Crippen molar-refractivity contribution in [3.8, 4) is 17.2 Å². The van der Waals surface area contributed by atoms with Crippen molar-refractivity contribution in [1.29, 1.82) is 0 Å². The van der Waals surface area contributed by atoms with Crippen LogP contribution in [0.2, 0.25) is 0 Å². The molecule has 0 spiro atoms. The summed E-state index contributed by atoms with van der Waals surface area (Å²) in [7, 11) is 0. The van der Waals surface area contributed by atoms with Gasteiger partial charge in [0.1, 0.15) is 0 Å². The van der Waals surface area contributed by atoms with Gasteiger partial charge in [-0.15, -0.1) is 0 Å². The second kappa shape index (κ2) is 9.43. The third kappa shape index (κ3) is 3.25. The highest BCUT2D eigenvalue weighted by molar-refractivity contribution is 6.35. The van der Waals surface area contributed by atoms with Crippen molar-refractivity contribution >= 4 is 92.3 Å². The zero-order chi connectivity index (χ0) is 32.5. The van der Waals surface area contributed by atoms with Crippen molar-refractivity contribution in [3.05, 3.63) is 158 Å². The first-order chi connectivity index (χ1) is 24.8. The van der Waals surface area contributed by atoms with Crippen molar-refractivity contribution in [3.63, 3.8) is 0 Å². The fourth-order valence-electron chi connectivity index (χ4n) is 8.76. The molecule has 0 saturated carbocycles. The highest BCUT2D eigenvalue weighted by atomic mass is 15.2. The van der Waals surface area contributed by atoms with Crippen LogP contribution >= 0.6 is 0 Å². The smallest absolute Gasteiger partial charge is 0.235 e. The van der Waals surface area contributed by atoms with E-state index in [4.69, 9.17) is 9.97 Å². The fraction of sp³-hybridized carbons (Fsp3) is 0. The minimum Gasteiger partial charge on any atom is -0.308 e. The molecule has 50 heavy (non-hydrogen) atoms. The minimum atomic E-state index is 0.672. The van der Waals surface area contributed by atoms with Crippen LogP contribution in [0, 0.1) is 0 Å². The van der Waals surface area contributed by atoms with E-state index < -0.39 is 0 Å². The molecule has 0 aliphatic rings. The number of benzene rings is 8. The monoisotopic (exact) mass is 634 g/mol. The number of para-hydroxylation sites is 2. The molecule has 0 radical (unpaired) electrons. The van der Waals surface area contributed by atoms with Crippen LogP contribution in [0.3, 0.4) is 0 Å². The average molecular weight is 635 g/mol. The van der Waals surface area contributed by atoms with Crippen LogP contribution in [0.5, 0.6) is 0 Å². The molecule has 0 N–H and O–H groups in total. The van der Waals surface area contributed by atoms with Gasteiger partial charge in [-0.05, 0) is 40.4 Å². The first-order valence-electron chi connectivity index (χ1n) is 17.1. The highest BCUT2D eigenvalue weighted by Gasteiger charge is 2.26. The number of hydrogen-bond donors (Lipinski definition) is 0. The van der Waals surface area contributed by atoms with Gasteiger partial charge in [-0.3, -0.25) is 4.57 Å². The summed E-state index contributed by atoms with van der Waals surface area (Å²) in [6, 6.07) is 56.7. The van der Waals surface area contributed by atoms with Gasteiger partial charge in [-0.25, -0.2) is 9.97 Å². The molecule has 4 aromatic heterocycles.